The zero-order valence-electron chi connectivity index (χ0n) is 9.41. The molecular weight excluding hydrogens is 362 g/mol. The second kappa shape index (κ2) is 6.14. The number of thiophene rings is 1. The molecule has 1 unspecified atom stereocenters. The van der Waals surface area contributed by atoms with Crippen molar-refractivity contribution in [3.8, 4) is 0 Å². The number of nitrogens with one attached hydrogen (secondary N) is 1. The molecule has 1 N–H and O–H groups in total. The highest BCUT2D eigenvalue weighted by atomic mass is 79.9. The molecule has 1 aromatic carbocycles. The first-order valence-electron chi connectivity index (χ1n) is 5.37. The highest BCUT2D eigenvalue weighted by Gasteiger charge is 2.06. The Morgan fingerprint density at radius 3 is 2.71 bits per heavy atom. The van der Waals surface area contributed by atoms with Gasteiger partial charge in [-0.05, 0) is 67.9 Å². The van der Waals surface area contributed by atoms with Crippen molar-refractivity contribution >= 4 is 43.2 Å². The summed E-state index contributed by atoms with van der Waals surface area (Å²) in [6.45, 7) is 3.07. The van der Waals surface area contributed by atoms with Crippen LogP contribution in [0.25, 0.3) is 0 Å². The highest BCUT2D eigenvalue weighted by Crippen LogP contribution is 2.24. The van der Waals surface area contributed by atoms with Gasteiger partial charge in [-0.3, -0.25) is 0 Å². The first-order valence-corrected chi connectivity index (χ1v) is 7.84. The van der Waals surface area contributed by atoms with Crippen molar-refractivity contribution in [3.63, 3.8) is 0 Å². The van der Waals surface area contributed by atoms with E-state index >= 15 is 0 Å². The van der Waals surface area contributed by atoms with Crippen LogP contribution in [-0.4, -0.2) is 0 Å². The van der Waals surface area contributed by atoms with E-state index in [9.17, 15) is 0 Å². The molecule has 2 rings (SSSR count). The Labute approximate surface area is 123 Å². The predicted octanol–water partition coefficient (Wildman–Crippen LogP) is 5.12. The fourth-order valence-electron chi connectivity index (χ4n) is 1.56. The second-order valence-electron chi connectivity index (χ2n) is 3.87. The van der Waals surface area contributed by atoms with Crippen molar-refractivity contribution in [2.45, 2.75) is 19.5 Å². The maximum absolute atomic E-state index is 3.52. The third-order valence-corrected chi connectivity index (χ3v) is 5.50. The van der Waals surface area contributed by atoms with Gasteiger partial charge in [0.1, 0.15) is 0 Å². The molecule has 0 spiro atoms. The van der Waals surface area contributed by atoms with Gasteiger partial charge in [-0.15, -0.1) is 11.3 Å². The van der Waals surface area contributed by atoms with E-state index in [1.807, 2.05) is 0 Å². The van der Waals surface area contributed by atoms with Crippen LogP contribution < -0.4 is 5.32 Å². The van der Waals surface area contributed by atoms with Crippen molar-refractivity contribution in [2.24, 2.45) is 0 Å². The van der Waals surface area contributed by atoms with E-state index < -0.39 is 0 Å². The topological polar surface area (TPSA) is 12.0 Å². The third kappa shape index (κ3) is 3.65. The number of benzene rings is 1. The van der Waals surface area contributed by atoms with Crippen LogP contribution in [0, 0.1) is 0 Å². The number of hydrogen-bond donors (Lipinski definition) is 1. The fraction of sp³-hybridized carbons (Fsp3) is 0.231. The zero-order chi connectivity index (χ0) is 12.3. The molecule has 1 aromatic heterocycles. The summed E-state index contributed by atoms with van der Waals surface area (Å²) in [6.07, 6.45) is 0. The summed E-state index contributed by atoms with van der Waals surface area (Å²) in [7, 11) is 0. The van der Waals surface area contributed by atoms with Crippen LogP contribution in [0.4, 0.5) is 0 Å². The average Bonchev–Trinajstić information content (AvgIpc) is 2.84. The molecule has 0 amide bonds. The minimum absolute atomic E-state index is 0.400. The van der Waals surface area contributed by atoms with Crippen LogP contribution in [0.2, 0.25) is 0 Å². The Bertz CT molecular complexity index is 482. The minimum Gasteiger partial charge on any atom is -0.305 e. The van der Waals surface area contributed by atoms with Gasteiger partial charge < -0.3 is 5.32 Å². The second-order valence-corrected chi connectivity index (χ2v) is 6.55. The fourth-order valence-corrected chi connectivity index (χ4v) is 2.99. The molecule has 0 radical (unpaired) electrons. The monoisotopic (exact) mass is 373 g/mol. The van der Waals surface area contributed by atoms with Crippen molar-refractivity contribution in [1.82, 2.24) is 5.32 Å². The molecular formula is C13H13Br2NS. The lowest BCUT2D eigenvalue weighted by atomic mass is 10.2. The van der Waals surface area contributed by atoms with E-state index in [1.54, 1.807) is 11.3 Å². The average molecular weight is 375 g/mol. The Morgan fingerprint density at radius 1 is 1.24 bits per heavy atom. The standard InChI is InChI=1S/C13H13Br2NS/c1-9(13-3-2-6-17-13)16-8-10-4-5-11(14)12(15)7-10/h2-7,9,16H,8H2,1H3. The number of rotatable bonds is 4. The Kier molecular flexibility index (Phi) is 4.79. The summed E-state index contributed by atoms with van der Waals surface area (Å²) >= 11 is 8.79. The molecule has 0 saturated heterocycles. The third-order valence-electron chi connectivity index (χ3n) is 2.57. The molecule has 17 heavy (non-hydrogen) atoms. The molecule has 0 fully saturated rings. The van der Waals surface area contributed by atoms with E-state index in [-0.39, 0.29) is 0 Å². The van der Waals surface area contributed by atoms with E-state index in [2.05, 4.69) is 79.8 Å². The van der Waals surface area contributed by atoms with E-state index in [1.165, 1.54) is 10.4 Å². The van der Waals surface area contributed by atoms with E-state index in [4.69, 9.17) is 0 Å². The van der Waals surface area contributed by atoms with Gasteiger partial charge in [0.05, 0.1) is 0 Å². The van der Waals surface area contributed by atoms with Gasteiger partial charge in [-0.2, -0.15) is 0 Å². The van der Waals surface area contributed by atoms with Gasteiger partial charge in [0, 0.05) is 26.4 Å². The first-order chi connectivity index (χ1) is 8.16. The van der Waals surface area contributed by atoms with Crippen LogP contribution in [0.1, 0.15) is 23.4 Å². The number of hydrogen-bond acceptors (Lipinski definition) is 2. The number of halogens is 2. The maximum Gasteiger partial charge on any atom is 0.0388 e. The van der Waals surface area contributed by atoms with Crippen LogP contribution in [0.15, 0.2) is 44.7 Å². The summed E-state index contributed by atoms with van der Waals surface area (Å²) in [4.78, 5) is 1.38. The minimum atomic E-state index is 0.400. The van der Waals surface area contributed by atoms with E-state index in [0.29, 0.717) is 6.04 Å². The zero-order valence-corrected chi connectivity index (χ0v) is 13.4. The lowest BCUT2D eigenvalue weighted by molar-refractivity contribution is 0.583. The molecule has 0 aliphatic rings. The maximum atomic E-state index is 3.52. The summed E-state index contributed by atoms with van der Waals surface area (Å²) in [5.41, 5.74) is 1.28. The normalized spacial score (nSPS) is 12.6. The largest absolute Gasteiger partial charge is 0.305 e. The molecule has 0 bridgehead atoms. The van der Waals surface area contributed by atoms with Gasteiger partial charge in [0.25, 0.3) is 0 Å². The quantitative estimate of drug-likeness (QED) is 0.782. The SMILES string of the molecule is CC(NCc1ccc(Br)c(Br)c1)c1cccs1. The smallest absolute Gasteiger partial charge is 0.0388 e. The molecule has 1 nitrogen and oxygen atoms in total. The highest BCUT2D eigenvalue weighted by molar-refractivity contribution is 9.13. The molecule has 1 atom stereocenters. The molecule has 90 valence electrons. The van der Waals surface area contributed by atoms with Crippen molar-refractivity contribution in [1.29, 1.82) is 0 Å². The summed E-state index contributed by atoms with van der Waals surface area (Å²) < 4.78 is 2.19. The van der Waals surface area contributed by atoms with Crippen molar-refractivity contribution in [2.75, 3.05) is 0 Å². The lowest BCUT2D eigenvalue weighted by Gasteiger charge is -2.12. The molecule has 0 aliphatic carbocycles. The molecule has 0 saturated carbocycles. The van der Waals surface area contributed by atoms with Gasteiger partial charge in [0.15, 0.2) is 0 Å². The Hall–Kier alpha value is -0.160. The molecule has 0 aliphatic heterocycles. The van der Waals surface area contributed by atoms with Crippen molar-refractivity contribution < 1.29 is 0 Å². The van der Waals surface area contributed by atoms with Crippen LogP contribution in [0.5, 0.6) is 0 Å². The van der Waals surface area contributed by atoms with Crippen molar-refractivity contribution in [3.05, 3.63) is 55.1 Å². The van der Waals surface area contributed by atoms with Crippen LogP contribution in [0.3, 0.4) is 0 Å². The van der Waals surface area contributed by atoms with Crippen LogP contribution >= 0.6 is 43.2 Å². The van der Waals surface area contributed by atoms with Crippen LogP contribution in [-0.2, 0) is 6.54 Å². The molecule has 2 aromatic rings. The summed E-state index contributed by atoms with van der Waals surface area (Å²) in [5, 5.41) is 5.64. The molecule has 4 heteroatoms. The Balaban J connectivity index is 1.96. The predicted molar refractivity (Wildman–Crippen MR) is 81.4 cm³/mol. The van der Waals surface area contributed by atoms with Gasteiger partial charge in [0.2, 0.25) is 0 Å². The van der Waals surface area contributed by atoms with Gasteiger partial charge >= 0.3 is 0 Å². The summed E-state index contributed by atoms with van der Waals surface area (Å²) in [5.74, 6) is 0. The van der Waals surface area contributed by atoms with Gasteiger partial charge in [-0.1, -0.05) is 12.1 Å². The lowest BCUT2D eigenvalue weighted by Crippen LogP contribution is -2.17. The Morgan fingerprint density at radius 2 is 2.06 bits per heavy atom. The molecule has 1 heterocycles. The summed E-state index contributed by atoms with van der Waals surface area (Å²) in [6, 6.07) is 11.0. The first kappa shape index (κ1) is 13.3. The van der Waals surface area contributed by atoms with Gasteiger partial charge in [-0.25, -0.2) is 0 Å². The van der Waals surface area contributed by atoms with E-state index in [0.717, 1.165) is 15.5 Å².